The highest BCUT2D eigenvalue weighted by Gasteiger charge is 2.33. The van der Waals surface area contributed by atoms with Gasteiger partial charge < -0.3 is 10.2 Å². The molecule has 0 aliphatic heterocycles. The molecule has 0 saturated heterocycles. The van der Waals surface area contributed by atoms with Crippen LogP contribution in [-0.2, 0) is 0 Å². The number of pyridine rings is 1. The summed E-state index contributed by atoms with van der Waals surface area (Å²) in [5.74, 6) is 0.118. The van der Waals surface area contributed by atoms with Crippen molar-refractivity contribution in [3.05, 3.63) is 23.5 Å². The Morgan fingerprint density at radius 2 is 2.26 bits per heavy atom. The second-order valence-electron chi connectivity index (χ2n) is 5.20. The third kappa shape index (κ3) is 3.25. The van der Waals surface area contributed by atoms with Gasteiger partial charge in [0.05, 0.1) is 11.3 Å². The Kier molecular flexibility index (Phi) is 4.40. The molecule has 1 aromatic rings. The predicted octanol–water partition coefficient (Wildman–Crippen LogP) is 2.84. The number of hydrogen-bond acceptors (Lipinski definition) is 3. The summed E-state index contributed by atoms with van der Waals surface area (Å²) in [6, 6.07) is 2.38. The number of aromatic nitrogens is 1. The molecule has 104 valence electrons. The monoisotopic (exact) mass is 261 g/mol. The smallest absolute Gasteiger partial charge is 0.257 e. The number of carbonyl (C=O) groups is 1. The summed E-state index contributed by atoms with van der Waals surface area (Å²) < 4.78 is 0. The number of carbonyl (C=O) groups excluding carboxylic acids is 1. The first kappa shape index (κ1) is 13.8. The minimum atomic E-state index is 0.118. The maximum absolute atomic E-state index is 12.7. The van der Waals surface area contributed by atoms with E-state index in [1.807, 2.05) is 24.9 Å². The second kappa shape index (κ2) is 6.04. The van der Waals surface area contributed by atoms with Crippen molar-refractivity contribution in [2.75, 3.05) is 18.9 Å². The Bertz CT molecular complexity index is 455. The Morgan fingerprint density at radius 3 is 2.84 bits per heavy atom. The van der Waals surface area contributed by atoms with Gasteiger partial charge in [-0.25, -0.2) is 0 Å². The maximum atomic E-state index is 12.7. The molecule has 1 aliphatic rings. The summed E-state index contributed by atoms with van der Waals surface area (Å²) in [6.45, 7) is 4.95. The van der Waals surface area contributed by atoms with E-state index in [1.165, 1.54) is 0 Å². The zero-order chi connectivity index (χ0) is 13.8. The van der Waals surface area contributed by atoms with Gasteiger partial charge in [-0.15, -0.1) is 0 Å². The van der Waals surface area contributed by atoms with Crippen LogP contribution in [-0.4, -0.2) is 35.4 Å². The average Bonchev–Trinajstić information content (AvgIpc) is 3.23. The molecule has 1 aliphatic carbocycles. The number of nitrogens with zero attached hydrogens (tertiary/aromatic N) is 2. The van der Waals surface area contributed by atoms with Crippen LogP contribution in [0.5, 0.6) is 0 Å². The van der Waals surface area contributed by atoms with Gasteiger partial charge in [-0.2, -0.15) is 0 Å². The molecular weight excluding hydrogens is 238 g/mol. The molecule has 2 rings (SSSR count). The van der Waals surface area contributed by atoms with Gasteiger partial charge >= 0.3 is 0 Å². The largest absolute Gasteiger partial charge is 0.387 e. The third-order valence-corrected chi connectivity index (χ3v) is 3.54. The van der Waals surface area contributed by atoms with E-state index in [0.717, 1.165) is 43.6 Å². The van der Waals surface area contributed by atoms with Crippen molar-refractivity contribution in [3.8, 4) is 0 Å². The highest BCUT2D eigenvalue weighted by molar-refractivity contribution is 5.99. The molecule has 1 aromatic heterocycles. The van der Waals surface area contributed by atoms with Gasteiger partial charge in [0.25, 0.3) is 5.91 Å². The standard InChI is InChI=1S/C15H23N3O/c1-4-5-8-18(12-6-7-12)15(19)13-10-17-11(2)9-14(13)16-3/h9-10,12H,4-8H2,1-3H3,(H,16,17). The molecule has 4 nitrogen and oxygen atoms in total. The van der Waals surface area contributed by atoms with Gasteiger partial charge in [-0.3, -0.25) is 9.78 Å². The van der Waals surface area contributed by atoms with Gasteiger partial charge in [0.1, 0.15) is 0 Å². The molecule has 19 heavy (non-hydrogen) atoms. The molecule has 0 bridgehead atoms. The number of hydrogen-bond donors (Lipinski definition) is 1. The molecule has 4 heteroatoms. The normalized spacial score (nSPS) is 14.3. The number of unbranched alkanes of at least 4 members (excludes halogenated alkanes) is 1. The zero-order valence-electron chi connectivity index (χ0n) is 12.1. The van der Waals surface area contributed by atoms with E-state index in [2.05, 4.69) is 17.2 Å². The molecule has 0 atom stereocenters. The molecule has 0 radical (unpaired) electrons. The number of amides is 1. The summed E-state index contributed by atoms with van der Waals surface area (Å²) in [7, 11) is 1.85. The highest BCUT2D eigenvalue weighted by Crippen LogP contribution is 2.30. The van der Waals surface area contributed by atoms with Gasteiger partial charge in [0, 0.05) is 31.5 Å². The minimum absolute atomic E-state index is 0.118. The number of rotatable bonds is 6. The molecule has 1 amide bonds. The Morgan fingerprint density at radius 1 is 1.53 bits per heavy atom. The van der Waals surface area contributed by atoms with Crippen LogP contribution in [0.4, 0.5) is 5.69 Å². The van der Waals surface area contributed by atoms with Gasteiger partial charge in [0.2, 0.25) is 0 Å². The Hall–Kier alpha value is -1.58. The molecule has 0 unspecified atom stereocenters. The van der Waals surface area contributed by atoms with Crippen molar-refractivity contribution < 1.29 is 4.79 Å². The predicted molar refractivity (Wildman–Crippen MR) is 77.5 cm³/mol. The molecule has 1 N–H and O–H groups in total. The van der Waals surface area contributed by atoms with Crippen molar-refractivity contribution in [1.82, 2.24) is 9.88 Å². The van der Waals surface area contributed by atoms with Crippen LogP contribution in [0.25, 0.3) is 0 Å². The van der Waals surface area contributed by atoms with Gasteiger partial charge in [-0.1, -0.05) is 13.3 Å². The van der Waals surface area contributed by atoms with Crippen molar-refractivity contribution in [1.29, 1.82) is 0 Å². The van der Waals surface area contributed by atoms with E-state index >= 15 is 0 Å². The maximum Gasteiger partial charge on any atom is 0.257 e. The van der Waals surface area contributed by atoms with Crippen LogP contribution >= 0.6 is 0 Å². The Labute approximate surface area is 115 Å². The second-order valence-corrected chi connectivity index (χ2v) is 5.20. The van der Waals surface area contributed by atoms with Gasteiger partial charge in [0.15, 0.2) is 0 Å². The van der Waals surface area contributed by atoms with Gasteiger partial charge in [-0.05, 0) is 32.3 Å². The lowest BCUT2D eigenvalue weighted by atomic mass is 10.1. The molecular formula is C15H23N3O. The lowest BCUT2D eigenvalue weighted by Crippen LogP contribution is -2.34. The SMILES string of the molecule is CCCCN(C(=O)c1cnc(C)cc1NC)C1CC1. The lowest BCUT2D eigenvalue weighted by molar-refractivity contribution is 0.0741. The van der Waals surface area contributed by atoms with E-state index in [1.54, 1.807) is 6.20 Å². The fraction of sp³-hybridized carbons (Fsp3) is 0.600. The summed E-state index contributed by atoms with van der Waals surface area (Å²) in [5, 5.41) is 3.10. The molecule has 0 aromatic carbocycles. The fourth-order valence-corrected chi connectivity index (χ4v) is 2.26. The van der Waals surface area contributed by atoms with E-state index in [0.29, 0.717) is 11.6 Å². The first-order valence-electron chi connectivity index (χ1n) is 7.12. The molecule has 1 saturated carbocycles. The van der Waals surface area contributed by atoms with E-state index in [-0.39, 0.29) is 5.91 Å². The van der Waals surface area contributed by atoms with Crippen LogP contribution < -0.4 is 5.32 Å². The number of aryl methyl sites for hydroxylation is 1. The average molecular weight is 261 g/mol. The van der Waals surface area contributed by atoms with Crippen LogP contribution in [0.15, 0.2) is 12.3 Å². The summed E-state index contributed by atoms with van der Waals surface area (Å²) in [4.78, 5) is 19.0. The van der Waals surface area contributed by atoms with Crippen molar-refractivity contribution >= 4 is 11.6 Å². The molecule has 1 fully saturated rings. The summed E-state index contributed by atoms with van der Waals surface area (Å²) >= 11 is 0. The fourth-order valence-electron chi connectivity index (χ4n) is 2.26. The van der Waals surface area contributed by atoms with Crippen LogP contribution in [0.2, 0.25) is 0 Å². The van der Waals surface area contributed by atoms with E-state index < -0.39 is 0 Å². The third-order valence-electron chi connectivity index (χ3n) is 3.54. The van der Waals surface area contributed by atoms with Crippen LogP contribution in [0.1, 0.15) is 48.7 Å². The number of anilines is 1. The van der Waals surface area contributed by atoms with Crippen molar-refractivity contribution in [3.63, 3.8) is 0 Å². The van der Waals surface area contributed by atoms with Crippen LogP contribution in [0, 0.1) is 6.92 Å². The summed E-state index contributed by atoms with van der Waals surface area (Å²) in [6.07, 6.45) is 6.16. The van der Waals surface area contributed by atoms with Crippen molar-refractivity contribution in [2.45, 2.75) is 45.6 Å². The highest BCUT2D eigenvalue weighted by atomic mass is 16.2. The van der Waals surface area contributed by atoms with Crippen molar-refractivity contribution in [2.24, 2.45) is 0 Å². The zero-order valence-corrected chi connectivity index (χ0v) is 12.1. The molecule has 0 spiro atoms. The first-order valence-corrected chi connectivity index (χ1v) is 7.12. The Balaban J connectivity index is 2.20. The van der Waals surface area contributed by atoms with E-state index in [9.17, 15) is 4.79 Å². The van der Waals surface area contributed by atoms with Crippen LogP contribution in [0.3, 0.4) is 0 Å². The quantitative estimate of drug-likeness (QED) is 0.856. The lowest BCUT2D eigenvalue weighted by Gasteiger charge is -2.23. The summed E-state index contributed by atoms with van der Waals surface area (Å²) in [5.41, 5.74) is 2.49. The number of nitrogens with one attached hydrogen (secondary N) is 1. The van der Waals surface area contributed by atoms with E-state index in [4.69, 9.17) is 0 Å². The first-order chi connectivity index (χ1) is 9.17. The minimum Gasteiger partial charge on any atom is -0.387 e. The molecule has 1 heterocycles. The topological polar surface area (TPSA) is 45.2 Å².